The molecule has 33 heavy (non-hydrogen) atoms. The summed E-state index contributed by atoms with van der Waals surface area (Å²) >= 11 is 0. The van der Waals surface area contributed by atoms with Gasteiger partial charge in [-0.2, -0.15) is 0 Å². The van der Waals surface area contributed by atoms with Crippen LogP contribution in [-0.2, 0) is 0 Å². The number of aliphatic imine (C=N–C) groups is 1. The fourth-order valence-corrected chi connectivity index (χ4v) is 4.53. The van der Waals surface area contributed by atoms with Crippen molar-refractivity contribution < 1.29 is 13.9 Å². The van der Waals surface area contributed by atoms with E-state index in [2.05, 4.69) is 32.2 Å². The first-order chi connectivity index (χ1) is 15.7. The number of benzene rings is 1. The van der Waals surface area contributed by atoms with Gasteiger partial charge in [-0.15, -0.1) is 24.0 Å². The summed E-state index contributed by atoms with van der Waals surface area (Å²) in [5.41, 5.74) is 1.28. The maximum Gasteiger partial charge on any atom is 0.289 e. The highest BCUT2D eigenvalue weighted by Crippen LogP contribution is 2.26. The normalized spacial score (nSPS) is 18.1. The second kappa shape index (κ2) is 12.3. The van der Waals surface area contributed by atoms with E-state index in [1.54, 1.807) is 19.2 Å². The topological polar surface area (TPSA) is 73.6 Å². The number of likely N-dealkylation sites (tertiary alicyclic amines) is 1. The Labute approximate surface area is 213 Å². The fraction of sp³-hybridized carbons (Fsp3) is 0.500. The van der Waals surface area contributed by atoms with Gasteiger partial charge >= 0.3 is 0 Å². The summed E-state index contributed by atoms with van der Waals surface area (Å²) in [4.78, 5) is 23.7. The van der Waals surface area contributed by atoms with Gasteiger partial charge in [0.15, 0.2) is 11.7 Å². The van der Waals surface area contributed by atoms with Crippen LogP contribution in [0.1, 0.15) is 35.0 Å². The Hall–Kier alpha value is -2.27. The Morgan fingerprint density at radius 3 is 2.30 bits per heavy atom. The van der Waals surface area contributed by atoms with Gasteiger partial charge in [0.25, 0.3) is 5.91 Å². The number of nitrogens with zero attached hydrogens (tertiary/aromatic N) is 4. The van der Waals surface area contributed by atoms with Crippen LogP contribution < -0.4 is 10.1 Å². The number of piperazine rings is 1. The number of amides is 1. The van der Waals surface area contributed by atoms with Crippen LogP contribution in [0.2, 0.25) is 0 Å². The highest BCUT2D eigenvalue weighted by Gasteiger charge is 2.27. The van der Waals surface area contributed by atoms with E-state index in [-0.39, 0.29) is 35.9 Å². The summed E-state index contributed by atoms with van der Waals surface area (Å²) < 4.78 is 10.6. The molecule has 2 aliphatic heterocycles. The van der Waals surface area contributed by atoms with E-state index in [1.165, 1.54) is 24.7 Å². The predicted octanol–water partition coefficient (Wildman–Crippen LogP) is 3.08. The molecule has 4 rings (SSSR count). The molecule has 1 aromatic carbocycles. The number of furan rings is 1. The number of carbonyl (C=O) groups excluding carboxylic acids is 1. The van der Waals surface area contributed by atoms with E-state index < -0.39 is 0 Å². The Morgan fingerprint density at radius 2 is 1.73 bits per heavy atom. The first-order valence-electron chi connectivity index (χ1n) is 11.4. The summed E-state index contributed by atoms with van der Waals surface area (Å²) in [5.74, 6) is 2.10. The van der Waals surface area contributed by atoms with Crippen LogP contribution >= 0.6 is 24.0 Å². The number of guanidine groups is 1. The smallest absolute Gasteiger partial charge is 0.289 e. The predicted molar refractivity (Wildman–Crippen MR) is 140 cm³/mol. The van der Waals surface area contributed by atoms with Crippen LogP contribution in [0.4, 0.5) is 0 Å². The van der Waals surface area contributed by atoms with E-state index >= 15 is 0 Å². The lowest BCUT2D eigenvalue weighted by Gasteiger charge is -2.37. The molecule has 0 radical (unpaired) electrons. The highest BCUT2D eigenvalue weighted by molar-refractivity contribution is 14.0. The van der Waals surface area contributed by atoms with Gasteiger partial charge in [-0.3, -0.25) is 14.7 Å². The quantitative estimate of drug-likeness (QED) is 0.329. The van der Waals surface area contributed by atoms with E-state index in [9.17, 15) is 4.79 Å². The lowest BCUT2D eigenvalue weighted by atomic mass is 10.1. The fourth-order valence-electron chi connectivity index (χ4n) is 4.53. The van der Waals surface area contributed by atoms with E-state index in [1.807, 2.05) is 24.1 Å². The third-order valence-electron chi connectivity index (χ3n) is 6.35. The van der Waals surface area contributed by atoms with Crippen molar-refractivity contribution in [3.8, 4) is 5.75 Å². The van der Waals surface area contributed by atoms with Crippen molar-refractivity contribution >= 4 is 35.8 Å². The first-order valence-corrected chi connectivity index (χ1v) is 11.4. The second-order valence-corrected chi connectivity index (χ2v) is 8.22. The number of halogens is 1. The van der Waals surface area contributed by atoms with Crippen LogP contribution in [0.3, 0.4) is 0 Å². The molecule has 1 unspecified atom stereocenters. The third-order valence-corrected chi connectivity index (χ3v) is 6.35. The molecule has 0 saturated carbocycles. The molecule has 9 heteroatoms. The molecule has 2 aliphatic rings. The zero-order valence-corrected chi connectivity index (χ0v) is 21.7. The maximum atomic E-state index is 12.5. The molecule has 1 atom stereocenters. The molecular formula is C24H34IN5O3. The van der Waals surface area contributed by atoms with Crippen molar-refractivity contribution in [3.05, 3.63) is 54.0 Å². The van der Waals surface area contributed by atoms with Crippen molar-refractivity contribution in [1.29, 1.82) is 0 Å². The average Bonchev–Trinajstić information content (AvgIpc) is 3.57. The van der Waals surface area contributed by atoms with Crippen molar-refractivity contribution in [3.63, 3.8) is 0 Å². The number of hydrogen-bond donors (Lipinski definition) is 1. The Morgan fingerprint density at radius 1 is 1.06 bits per heavy atom. The summed E-state index contributed by atoms with van der Waals surface area (Å²) in [6.45, 7) is 5.79. The molecule has 180 valence electrons. The molecule has 0 spiro atoms. The lowest BCUT2D eigenvalue weighted by Crippen LogP contribution is -2.54. The molecule has 2 aromatic rings. The van der Waals surface area contributed by atoms with Gasteiger partial charge < -0.3 is 24.3 Å². The maximum absolute atomic E-state index is 12.5. The SMILES string of the molecule is CN=C(NCC(c1ccc(OC)cc1)N1CCCC1)N1CCN(C(=O)c2ccco2)CC1.I. The molecule has 1 N–H and O–H groups in total. The van der Waals surface area contributed by atoms with E-state index in [0.29, 0.717) is 18.8 Å². The van der Waals surface area contributed by atoms with Gasteiger partial charge in [0.05, 0.1) is 19.4 Å². The van der Waals surface area contributed by atoms with Crippen LogP contribution in [-0.4, -0.2) is 86.5 Å². The van der Waals surface area contributed by atoms with Gasteiger partial charge in [0.2, 0.25) is 0 Å². The van der Waals surface area contributed by atoms with Crippen LogP contribution in [0.25, 0.3) is 0 Å². The Bertz CT molecular complexity index is 889. The van der Waals surface area contributed by atoms with E-state index in [0.717, 1.165) is 44.4 Å². The van der Waals surface area contributed by atoms with Gasteiger partial charge in [-0.05, 0) is 55.8 Å². The molecule has 1 amide bonds. The summed E-state index contributed by atoms with van der Waals surface area (Å²) in [6.07, 6.45) is 4.02. The molecule has 0 aliphatic carbocycles. The van der Waals surface area contributed by atoms with E-state index in [4.69, 9.17) is 9.15 Å². The van der Waals surface area contributed by atoms with Gasteiger partial charge in [-0.25, -0.2) is 0 Å². The minimum absolute atomic E-state index is 0. The van der Waals surface area contributed by atoms with Crippen molar-refractivity contribution in [2.75, 3.05) is 60.0 Å². The molecule has 1 aromatic heterocycles. The Kier molecular flexibility index (Phi) is 9.42. The monoisotopic (exact) mass is 567 g/mol. The Balaban J connectivity index is 0.00000306. The van der Waals surface area contributed by atoms with Crippen molar-refractivity contribution in [1.82, 2.24) is 20.0 Å². The highest BCUT2D eigenvalue weighted by atomic mass is 127. The average molecular weight is 567 g/mol. The summed E-state index contributed by atoms with van der Waals surface area (Å²) in [7, 11) is 3.52. The van der Waals surface area contributed by atoms with Crippen LogP contribution in [0, 0.1) is 0 Å². The number of rotatable bonds is 6. The number of ether oxygens (including phenoxy) is 1. The minimum Gasteiger partial charge on any atom is -0.497 e. The van der Waals surface area contributed by atoms with Gasteiger partial charge in [0, 0.05) is 39.8 Å². The lowest BCUT2D eigenvalue weighted by molar-refractivity contribution is 0.0657. The van der Waals surface area contributed by atoms with Gasteiger partial charge in [-0.1, -0.05) is 12.1 Å². The minimum atomic E-state index is -0.0498. The second-order valence-electron chi connectivity index (χ2n) is 8.22. The largest absolute Gasteiger partial charge is 0.497 e. The molecular weight excluding hydrogens is 533 g/mol. The van der Waals surface area contributed by atoms with Crippen LogP contribution in [0.15, 0.2) is 52.1 Å². The van der Waals surface area contributed by atoms with Gasteiger partial charge in [0.1, 0.15) is 5.75 Å². The molecule has 2 saturated heterocycles. The first kappa shape index (κ1) is 25.4. The third kappa shape index (κ3) is 6.20. The molecule has 0 bridgehead atoms. The van der Waals surface area contributed by atoms with Crippen LogP contribution in [0.5, 0.6) is 5.75 Å². The summed E-state index contributed by atoms with van der Waals surface area (Å²) in [5, 5.41) is 3.60. The van der Waals surface area contributed by atoms with Crippen molar-refractivity contribution in [2.45, 2.75) is 18.9 Å². The molecule has 8 nitrogen and oxygen atoms in total. The standard InChI is InChI=1S/C24H33N5O3.HI/c1-25-24(29-15-13-28(14-16-29)23(30)22-6-5-17-32-22)26-18-21(27-11-3-4-12-27)19-7-9-20(31-2)10-8-19;/h5-10,17,21H,3-4,11-16,18H2,1-2H3,(H,25,26);1H. The number of hydrogen-bond acceptors (Lipinski definition) is 5. The number of methoxy groups -OCH3 is 1. The number of nitrogens with one attached hydrogen (secondary N) is 1. The zero-order valence-electron chi connectivity index (χ0n) is 19.4. The molecule has 3 heterocycles. The summed E-state index contributed by atoms with van der Waals surface area (Å²) in [6, 6.07) is 12.1. The molecule has 2 fully saturated rings. The number of carbonyl (C=O) groups is 1. The zero-order chi connectivity index (χ0) is 22.3. The van der Waals surface area contributed by atoms with Crippen molar-refractivity contribution in [2.24, 2.45) is 4.99 Å².